The van der Waals surface area contributed by atoms with Gasteiger partial charge in [0.25, 0.3) is 0 Å². The van der Waals surface area contributed by atoms with Crippen LogP contribution in [0.2, 0.25) is 0 Å². The summed E-state index contributed by atoms with van der Waals surface area (Å²) < 4.78 is 135. The van der Waals surface area contributed by atoms with Gasteiger partial charge in [0, 0.05) is 16.9 Å². The molecule has 0 aliphatic carbocycles. The quantitative estimate of drug-likeness (QED) is 0.313. The number of hydrogen-bond acceptors (Lipinski definition) is 5. The highest BCUT2D eigenvalue weighted by molar-refractivity contribution is 8.05. The Morgan fingerprint density at radius 3 is 1.60 bits per heavy atom. The topological polar surface area (TPSA) is 74.3 Å². The monoisotopic (exact) mass is 518 g/mol. The van der Waals surface area contributed by atoms with E-state index in [2.05, 4.69) is 0 Å². The standard InChI is InChI=1S/C10H19OS2.C4HF9O3S/c1-10(2,3)9(11)8-13-6-4-12-5-7-13;5-1(6,3(9,10)11)2(7,8)4(12,13)17(14,15)16/h4-8H2,1-3H3;(H,14,15,16)/q+1;/p-1. The summed E-state index contributed by atoms with van der Waals surface area (Å²) in [5, 5.41) is -7.11. The number of ketones is 1. The van der Waals surface area contributed by atoms with Gasteiger partial charge >= 0.3 is 23.3 Å². The van der Waals surface area contributed by atoms with Crippen molar-refractivity contribution in [1.82, 2.24) is 0 Å². The Labute approximate surface area is 174 Å². The highest BCUT2D eigenvalue weighted by atomic mass is 32.2. The lowest BCUT2D eigenvalue weighted by atomic mass is 9.92. The third-order valence-electron chi connectivity index (χ3n) is 3.63. The summed E-state index contributed by atoms with van der Waals surface area (Å²) in [5.74, 6) is -8.47. The van der Waals surface area contributed by atoms with E-state index >= 15 is 0 Å². The Hall–Kier alpha value is -0.350. The van der Waals surface area contributed by atoms with Crippen molar-refractivity contribution in [2.45, 2.75) is 44.0 Å². The van der Waals surface area contributed by atoms with Crippen LogP contribution in [0.1, 0.15) is 20.8 Å². The fourth-order valence-electron chi connectivity index (χ4n) is 1.62. The van der Waals surface area contributed by atoms with Gasteiger partial charge in [-0.2, -0.15) is 51.3 Å². The molecule has 4 nitrogen and oxygen atoms in total. The minimum Gasteiger partial charge on any atom is -0.743 e. The third kappa shape index (κ3) is 6.82. The van der Waals surface area contributed by atoms with E-state index in [1.807, 2.05) is 32.5 Å². The summed E-state index contributed by atoms with van der Waals surface area (Å²) in [4.78, 5) is 11.7. The van der Waals surface area contributed by atoms with E-state index < -0.39 is 33.4 Å². The molecule has 1 saturated heterocycles. The van der Waals surface area contributed by atoms with Crippen LogP contribution in [0, 0.1) is 5.41 Å². The molecule has 0 saturated carbocycles. The van der Waals surface area contributed by atoms with Crippen molar-refractivity contribution in [2.24, 2.45) is 5.41 Å². The zero-order chi connectivity index (χ0) is 24.4. The molecule has 30 heavy (non-hydrogen) atoms. The molecule has 1 aliphatic rings. The maximum absolute atomic E-state index is 12.2. The normalized spacial score (nSPS) is 17.9. The van der Waals surface area contributed by atoms with Crippen molar-refractivity contribution < 1.29 is 57.3 Å². The summed E-state index contributed by atoms with van der Waals surface area (Å²) in [6.45, 7) is 6.08. The summed E-state index contributed by atoms with van der Waals surface area (Å²) in [5.41, 5.74) is -0.127. The summed E-state index contributed by atoms with van der Waals surface area (Å²) in [6, 6.07) is 0. The van der Waals surface area contributed by atoms with E-state index in [0.29, 0.717) is 16.7 Å². The second-order valence-electron chi connectivity index (χ2n) is 7.07. The van der Waals surface area contributed by atoms with E-state index in [0.717, 1.165) is 5.75 Å². The van der Waals surface area contributed by atoms with Gasteiger partial charge in [0.05, 0.1) is 0 Å². The number of carbonyl (C=O) groups is 1. The molecule has 0 atom stereocenters. The smallest absolute Gasteiger partial charge is 0.460 e. The molecular weight excluding hydrogens is 499 g/mol. The molecule has 0 aromatic carbocycles. The first-order valence-corrected chi connectivity index (χ1v) is 12.2. The fraction of sp³-hybridized carbons (Fsp3) is 0.929. The largest absolute Gasteiger partial charge is 0.743 e. The number of carbonyl (C=O) groups excluding carboxylic acids is 1. The Morgan fingerprint density at radius 2 is 1.30 bits per heavy atom. The van der Waals surface area contributed by atoms with Gasteiger partial charge in [0.15, 0.2) is 21.7 Å². The Balaban J connectivity index is 0.000000579. The predicted octanol–water partition coefficient (Wildman–Crippen LogP) is 3.92. The molecule has 16 heteroatoms. The van der Waals surface area contributed by atoms with Crippen LogP contribution >= 0.6 is 11.8 Å². The molecule has 0 amide bonds. The maximum atomic E-state index is 12.2. The lowest BCUT2D eigenvalue weighted by molar-refractivity contribution is -0.382. The molecule has 0 aromatic heterocycles. The second kappa shape index (κ2) is 9.65. The van der Waals surface area contributed by atoms with Gasteiger partial charge < -0.3 is 4.55 Å². The number of alkyl halides is 9. The van der Waals surface area contributed by atoms with Crippen LogP contribution in [0.3, 0.4) is 0 Å². The number of hydrogen-bond donors (Lipinski definition) is 0. The van der Waals surface area contributed by atoms with Gasteiger partial charge in [-0.05, 0) is 10.9 Å². The molecule has 0 aromatic rings. The maximum Gasteiger partial charge on any atom is 0.460 e. The van der Waals surface area contributed by atoms with Crippen LogP contribution in [0.5, 0.6) is 0 Å². The van der Waals surface area contributed by atoms with Crippen LogP contribution in [0.4, 0.5) is 39.5 Å². The molecule has 0 radical (unpaired) electrons. The van der Waals surface area contributed by atoms with Crippen molar-refractivity contribution in [3.8, 4) is 0 Å². The Morgan fingerprint density at radius 1 is 0.900 bits per heavy atom. The molecule has 0 N–H and O–H groups in total. The van der Waals surface area contributed by atoms with Crippen LogP contribution in [0.15, 0.2) is 0 Å². The Bertz CT molecular complexity index is 694. The molecule has 0 unspecified atom stereocenters. The van der Waals surface area contributed by atoms with Crippen LogP contribution in [-0.2, 0) is 25.8 Å². The van der Waals surface area contributed by atoms with Gasteiger partial charge in [0.2, 0.25) is 0 Å². The summed E-state index contributed by atoms with van der Waals surface area (Å²) >= 11 is 2.03. The van der Waals surface area contributed by atoms with Crippen molar-refractivity contribution in [1.29, 1.82) is 0 Å². The van der Waals surface area contributed by atoms with Crippen LogP contribution in [0.25, 0.3) is 0 Å². The van der Waals surface area contributed by atoms with Crippen molar-refractivity contribution in [3.63, 3.8) is 0 Å². The third-order valence-corrected chi connectivity index (χ3v) is 8.25. The molecule has 180 valence electrons. The summed E-state index contributed by atoms with van der Waals surface area (Å²) in [6.07, 6.45) is -7.16. The lowest BCUT2D eigenvalue weighted by Crippen LogP contribution is -2.63. The average molecular weight is 518 g/mol. The van der Waals surface area contributed by atoms with E-state index in [-0.39, 0.29) is 5.41 Å². The predicted molar refractivity (Wildman–Crippen MR) is 94.3 cm³/mol. The zero-order valence-electron chi connectivity index (χ0n) is 15.8. The Kier molecular flexibility index (Phi) is 9.53. The molecule has 1 fully saturated rings. The highest BCUT2D eigenvalue weighted by Gasteiger charge is 2.83. The van der Waals surface area contributed by atoms with E-state index in [4.69, 9.17) is 0 Å². The number of halogens is 9. The first-order chi connectivity index (χ1) is 13.0. The van der Waals surface area contributed by atoms with Gasteiger partial charge in [-0.3, -0.25) is 4.79 Å². The molecule has 1 rings (SSSR count). The number of Topliss-reactive ketones (excluding diaryl/α,β-unsaturated/α-hetero) is 1. The second-order valence-corrected chi connectivity index (χ2v) is 12.0. The van der Waals surface area contributed by atoms with Gasteiger partial charge in [-0.25, -0.2) is 8.42 Å². The van der Waals surface area contributed by atoms with Crippen molar-refractivity contribution >= 4 is 38.6 Å². The van der Waals surface area contributed by atoms with Gasteiger partial charge in [-0.15, -0.1) is 0 Å². The van der Waals surface area contributed by atoms with Crippen LogP contribution in [-0.4, -0.2) is 70.8 Å². The summed E-state index contributed by atoms with van der Waals surface area (Å²) in [7, 11) is -7.01. The van der Waals surface area contributed by atoms with Gasteiger partial charge in [-0.1, -0.05) is 20.8 Å². The average Bonchev–Trinajstić information content (AvgIpc) is 2.53. The molecule has 1 aliphatic heterocycles. The minimum atomic E-state index is -7.43. The lowest BCUT2D eigenvalue weighted by Gasteiger charge is -2.34. The first-order valence-electron chi connectivity index (χ1n) is 7.91. The molecular formula is C14H19F9O4S3. The zero-order valence-corrected chi connectivity index (χ0v) is 18.2. The molecule has 0 spiro atoms. The number of thioether (sulfide) groups is 1. The van der Waals surface area contributed by atoms with Crippen LogP contribution < -0.4 is 0 Å². The van der Waals surface area contributed by atoms with Gasteiger partial charge in [0.1, 0.15) is 11.5 Å². The molecule has 1 heterocycles. The minimum absolute atomic E-state index is 0.127. The van der Waals surface area contributed by atoms with Crippen molar-refractivity contribution in [3.05, 3.63) is 0 Å². The van der Waals surface area contributed by atoms with Crippen molar-refractivity contribution in [2.75, 3.05) is 28.8 Å². The van der Waals surface area contributed by atoms with E-state index in [9.17, 15) is 57.3 Å². The highest BCUT2D eigenvalue weighted by Crippen LogP contribution is 2.54. The first kappa shape index (κ1) is 29.7. The molecule has 0 bridgehead atoms. The van der Waals surface area contributed by atoms with E-state index in [1.165, 1.54) is 23.0 Å². The number of rotatable bonds is 5. The van der Waals surface area contributed by atoms with E-state index in [1.54, 1.807) is 0 Å². The SMILES string of the molecule is CC(C)(C)C(=O)C[S+]1CCSCC1.O=S(=O)([O-])C(F)(F)C(F)(F)C(F)(F)C(F)(F)F. The fourth-order valence-corrected chi connectivity index (χ4v) is 6.39.